The van der Waals surface area contributed by atoms with Crippen LogP contribution < -0.4 is 10.6 Å². The highest BCUT2D eigenvalue weighted by atomic mass is 19.1. The van der Waals surface area contributed by atoms with Crippen LogP contribution in [-0.2, 0) is 4.79 Å². The average molecular weight is 293 g/mol. The fraction of sp³-hybridized carbons (Fsp3) is 0.562. The maximum Gasteiger partial charge on any atom is 0.223 e. The van der Waals surface area contributed by atoms with E-state index >= 15 is 0 Å². The van der Waals surface area contributed by atoms with Gasteiger partial charge in [0.15, 0.2) is 0 Å². The van der Waals surface area contributed by atoms with Crippen LogP contribution >= 0.6 is 0 Å². The van der Waals surface area contributed by atoms with Gasteiger partial charge in [0.2, 0.25) is 5.91 Å². The molecule has 21 heavy (non-hydrogen) atoms. The van der Waals surface area contributed by atoms with Crippen molar-refractivity contribution in [2.45, 2.75) is 13.0 Å². The Morgan fingerprint density at radius 2 is 2.00 bits per heavy atom. The lowest BCUT2D eigenvalue weighted by atomic mass is 9.88. The molecule has 1 amide bonds. The first-order chi connectivity index (χ1) is 9.99. The number of nitrogens with one attached hydrogen (secondary N) is 2. The fourth-order valence-corrected chi connectivity index (χ4v) is 2.52. The lowest BCUT2D eigenvalue weighted by molar-refractivity contribution is -0.126. The van der Waals surface area contributed by atoms with Crippen LogP contribution in [0.1, 0.15) is 18.5 Å². The van der Waals surface area contributed by atoms with Crippen molar-refractivity contribution in [2.75, 3.05) is 33.7 Å². The van der Waals surface area contributed by atoms with Crippen molar-refractivity contribution in [1.29, 1.82) is 0 Å². The summed E-state index contributed by atoms with van der Waals surface area (Å²) >= 11 is 0. The number of hydrogen-bond acceptors (Lipinski definition) is 3. The normalized spacial score (nSPS) is 18.1. The summed E-state index contributed by atoms with van der Waals surface area (Å²) in [5.41, 5.74) is 1.000. The van der Waals surface area contributed by atoms with Crippen molar-refractivity contribution in [2.24, 2.45) is 11.8 Å². The molecule has 1 heterocycles. The van der Waals surface area contributed by atoms with Crippen LogP contribution in [0.15, 0.2) is 24.3 Å². The molecule has 1 aliphatic heterocycles. The van der Waals surface area contributed by atoms with E-state index < -0.39 is 0 Å². The predicted molar refractivity (Wildman–Crippen MR) is 81.4 cm³/mol. The Kier molecular flexibility index (Phi) is 5.31. The molecule has 1 fully saturated rings. The summed E-state index contributed by atoms with van der Waals surface area (Å²) in [6.45, 7) is 4.35. The second-order valence-corrected chi connectivity index (χ2v) is 5.98. The second kappa shape index (κ2) is 7.00. The molecule has 1 aromatic carbocycles. The molecular weight excluding hydrogens is 269 g/mol. The van der Waals surface area contributed by atoms with Gasteiger partial charge in [-0.3, -0.25) is 4.79 Å². The Balaban J connectivity index is 1.93. The summed E-state index contributed by atoms with van der Waals surface area (Å²) in [5, 5.41) is 6.21. The Morgan fingerprint density at radius 1 is 1.38 bits per heavy atom. The van der Waals surface area contributed by atoms with E-state index in [1.54, 1.807) is 12.1 Å². The third-order valence-electron chi connectivity index (χ3n) is 4.28. The minimum Gasteiger partial charge on any atom is -0.354 e. The number of hydrogen-bond donors (Lipinski definition) is 2. The largest absolute Gasteiger partial charge is 0.354 e. The topological polar surface area (TPSA) is 44.4 Å². The minimum atomic E-state index is -0.244. The van der Waals surface area contributed by atoms with Gasteiger partial charge in [0.1, 0.15) is 5.82 Å². The Hall–Kier alpha value is -1.46. The lowest BCUT2D eigenvalue weighted by Crippen LogP contribution is -2.50. The van der Waals surface area contributed by atoms with E-state index in [4.69, 9.17) is 0 Å². The van der Waals surface area contributed by atoms with E-state index in [1.165, 1.54) is 12.1 Å². The molecule has 0 saturated carbocycles. The highest BCUT2D eigenvalue weighted by molar-refractivity contribution is 5.78. The van der Waals surface area contributed by atoms with Gasteiger partial charge in [-0.05, 0) is 50.8 Å². The molecule has 2 N–H and O–H groups in total. The molecule has 0 radical (unpaired) electrons. The van der Waals surface area contributed by atoms with Crippen molar-refractivity contribution < 1.29 is 9.18 Å². The number of benzene rings is 1. The third-order valence-corrected chi connectivity index (χ3v) is 4.28. The Morgan fingerprint density at radius 3 is 2.48 bits per heavy atom. The first kappa shape index (κ1) is 15.9. The van der Waals surface area contributed by atoms with Crippen LogP contribution in [0.25, 0.3) is 0 Å². The number of carbonyl (C=O) groups is 1. The maximum atomic E-state index is 13.0. The van der Waals surface area contributed by atoms with Gasteiger partial charge in [0.05, 0.1) is 6.04 Å². The zero-order valence-corrected chi connectivity index (χ0v) is 12.9. The number of nitrogens with zero attached hydrogens (tertiary/aromatic N) is 1. The van der Waals surface area contributed by atoms with Crippen LogP contribution in [-0.4, -0.2) is 44.5 Å². The molecule has 1 aliphatic rings. The molecule has 2 unspecified atom stereocenters. The first-order valence-electron chi connectivity index (χ1n) is 7.39. The molecule has 0 aliphatic carbocycles. The van der Waals surface area contributed by atoms with Gasteiger partial charge in [-0.1, -0.05) is 19.1 Å². The molecule has 1 saturated heterocycles. The molecule has 2 rings (SSSR count). The number of rotatable bonds is 6. The van der Waals surface area contributed by atoms with Gasteiger partial charge >= 0.3 is 0 Å². The van der Waals surface area contributed by atoms with Crippen molar-refractivity contribution in [1.82, 2.24) is 15.5 Å². The molecule has 0 bridgehead atoms. The number of carbonyl (C=O) groups excluding carboxylic acids is 1. The molecule has 1 aromatic rings. The van der Waals surface area contributed by atoms with Gasteiger partial charge in [-0.15, -0.1) is 0 Å². The Bertz CT molecular complexity index is 471. The zero-order valence-electron chi connectivity index (χ0n) is 12.9. The van der Waals surface area contributed by atoms with Gasteiger partial charge < -0.3 is 15.5 Å². The van der Waals surface area contributed by atoms with Gasteiger partial charge in [-0.2, -0.15) is 0 Å². The molecular formula is C16H24FN3O. The molecule has 2 atom stereocenters. The van der Waals surface area contributed by atoms with E-state index in [2.05, 4.69) is 10.6 Å². The number of halogens is 1. The monoisotopic (exact) mass is 293 g/mol. The van der Waals surface area contributed by atoms with Gasteiger partial charge in [0, 0.05) is 12.5 Å². The summed E-state index contributed by atoms with van der Waals surface area (Å²) in [5.74, 6) is 0.317. The van der Waals surface area contributed by atoms with E-state index in [9.17, 15) is 9.18 Å². The van der Waals surface area contributed by atoms with E-state index in [0.29, 0.717) is 12.5 Å². The first-order valence-corrected chi connectivity index (χ1v) is 7.39. The van der Waals surface area contributed by atoms with Crippen molar-refractivity contribution in [3.05, 3.63) is 35.6 Å². The maximum absolute atomic E-state index is 13.0. The van der Waals surface area contributed by atoms with Crippen molar-refractivity contribution >= 4 is 5.91 Å². The summed E-state index contributed by atoms with van der Waals surface area (Å²) in [6.07, 6.45) is 0. The molecule has 0 spiro atoms. The second-order valence-electron chi connectivity index (χ2n) is 5.98. The van der Waals surface area contributed by atoms with Crippen molar-refractivity contribution in [3.8, 4) is 0 Å². The number of amides is 1. The highest BCUT2D eigenvalue weighted by Crippen LogP contribution is 2.19. The summed E-state index contributed by atoms with van der Waals surface area (Å²) in [6, 6.07) is 6.49. The van der Waals surface area contributed by atoms with Crippen molar-refractivity contribution in [3.63, 3.8) is 0 Å². The standard InChI is InChI=1S/C16H24FN3O/c1-11(13-8-18-9-13)16(21)19-10-15(20(2)3)12-4-6-14(17)7-5-12/h4-7,11,13,15,18H,8-10H2,1-3H3,(H,19,21). The number of likely N-dealkylation sites (N-methyl/N-ethyl adjacent to an activating group) is 1. The summed E-state index contributed by atoms with van der Waals surface area (Å²) in [7, 11) is 3.92. The smallest absolute Gasteiger partial charge is 0.223 e. The fourth-order valence-electron chi connectivity index (χ4n) is 2.52. The quantitative estimate of drug-likeness (QED) is 0.833. The van der Waals surface area contributed by atoms with Crippen LogP contribution in [0, 0.1) is 17.7 Å². The Labute approximate surface area is 125 Å². The van der Waals surface area contributed by atoms with Gasteiger partial charge in [0.25, 0.3) is 0 Å². The predicted octanol–water partition coefficient (Wildman–Crippen LogP) is 1.40. The zero-order chi connectivity index (χ0) is 15.4. The molecule has 4 nitrogen and oxygen atoms in total. The van der Waals surface area contributed by atoms with E-state index in [-0.39, 0.29) is 23.7 Å². The van der Waals surface area contributed by atoms with Crippen LogP contribution in [0.4, 0.5) is 4.39 Å². The summed E-state index contributed by atoms with van der Waals surface area (Å²) in [4.78, 5) is 14.2. The van der Waals surface area contributed by atoms with Crippen LogP contribution in [0.5, 0.6) is 0 Å². The highest BCUT2D eigenvalue weighted by Gasteiger charge is 2.29. The van der Waals surface area contributed by atoms with Crippen LogP contribution in [0.2, 0.25) is 0 Å². The molecule has 116 valence electrons. The van der Waals surface area contributed by atoms with E-state index in [0.717, 1.165) is 18.7 Å². The third kappa shape index (κ3) is 4.02. The van der Waals surface area contributed by atoms with Crippen LogP contribution in [0.3, 0.4) is 0 Å². The SMILES string of the molecule is CC(C(=O)NCC(c1ccc(F)cc1)N(C)C)C1CNC1. The lowest BCUT2D eigenvalue weighted by Gasteiger charge is -2.32. The van der Waals surface area contributed by atoms with E-state index in [1.807, 2.05) is 25.9 Å². The molecule has 5 heteroatoms. The van der Waals surface area contributed by atoms with Gasteiger partial charge in [-0.25, -0.2) is 4.39 Å². The minimum absolute atomic E-state index is 0.0299. The average Bonchev–Trinajstić information content (AvgIpc) is 2.38. The summed E-state index contributed by atoms with van der Waals surface area (Å²) < 4.78 is 13.0. The molecule has 0 aromatic heterocycles.